The average Bonchev–Trinajstić information content (AvgIpc) is 2.95. The van der Waals surface area contributed by atoms with Crippen LogP contribution in [-0.4, -0.2) is 15.6 Å². The summed E-state index contributed by atoms with van der Waals surface area (Å²) in [6.45, 7) is 1.83. The van der Waals surface area contributed by atoms with Gasteiger partial charge in [0, 0.05) is 23.7 Å². The van der Waals surface area contributed by atoms with E-state index in [1.165, 1.54) is 23.5 Å². The standard InChI is InChI=1S/C15H12ClFN2OS/c1-8-11(15(16)19(2)18-8)7-12(20)14-6-9-5-10(17)3-4-13(9)21-14/h3-6H,7H2,1-2H3. The second kappa shape index (κ2) is 5.24. The summed E-state index contributed by atoms with van der Waals surface area (Å²) < 4.78 is 15.6. The first-order valence-electron chi connectivity index (χ1n) is 6.36. The highest BCUT2D eigenvalue weighted by Crippen LogP contribution is 2.28. The van der Waals surface area contributed by atoms with Gasteiger partial charge in [0.1, 0.15) is 11.0 Å². The highest BCUT2D eigenvalue weighted by molar-refractivity contribution is 7.20. The molecule has 3 aromatic rings. The molecule has 0 saturated heterocycles. The fourth-order valence-electron chi connectivity index (χ4n) is 2.27. The molecule has 0 amide bonds. The number of thiophene rings is 1. The lowest BCUT2D eigenvalue weighted by atomic mass is 10.1. The van der Waals surface area contributed by atoms with Crippen LogP contribution in [0.25, 0.3) is 10.1 Å². The normalized spacial score (nSPS) is 11.2. The van der Waals surface area contributed by atoms with E-state index in [4.69, 9.17) is 11.6 Å². The van der Waals surface area contributed by atoms with Gasteiger partial charge in [-0.2, -0.15) is 5.10 Å². The lowest BCUT2D eigenvalue weighted by Crippen LogP contribution is -2.02. The molecule has 0 radical (unpaired) electrons. The van der Waals surface area contributed by atoms with Gasteiger partial charge in [-0.15, -0.1) is 11.3 Å². The SMILES string of the molecule is Cc1nn(C)c(Cl)c1CC(=O)c1cc2cc(F)ccc2s1. The van der Waals surface area contributed by atoms with Crippen LogP contribution in [0.1, 0.15) is 20.9 Å². The van der Waals surface area contributed by atoms with Crippen LogP contribution < -0.4 is 0 Å². The first-order valence-corrected chi connectivity index (χ1v) is 7.55. The van der Waals surface area contributed by atoms with Crippen LogP contribution in [0.2, 0.25) is 5.15 Å². The zero-order valence-electron chi connectivity index (χ0n) is 11.5. The van der Waals surface area contributed by atoms with Crippen molar-refractivity contribution >= 4 is 38.8 Å². The van der Waals surface area contributed by atoms with Crippen LogP contribution in [0.15, 0.2) is 24.3 Å². The first-order chi connectivity index (χ1) is 9.95. The number of benzene rings is 1. The third kappa shape index (κ3) is 2.59. The molecule has 0 saturated carbocycles. The Balaban J connectivity index is 1.93. The molecule has 0 N–H and O–H groups in total. The fraction of sp³-hybridized carbons (Fsp3) is 0.200. The first kappa shape index (κ1) is 14.2. The maximum absolute atomic E-state index is 13.2. The van der Waals surface area contributed by atoms with Gasteiger partial charge in [0.25, 0.3) is 0 Å². The fourth-order valence-corrected chi connectivity index (χ4v) is 3.50. The minimum absolute atomic E-state index is 0.0328. The van der Waals surface area contributed by atoms with Crippen molar-refractivity contribution < 1.29 is 9.18 Å². The summed E-state index contributed by atoms with van der Waals surface area (Å²) in [5.74, 6) is -0.333. The van der Waals surface area contributed by atoms with Crippen LogP contribution in [-0.2, 0) is 13.5 Å². The van der Waals surface area contributed by atoms with E-state index >= 15 is 0 Å². The predicted octanol–water partition coefficient (Wildman–Crippen LogP) is 4.16. The van der Waals surface area contributed by atoms with Crippen molar-refractivity contribution in [3.05, 3.63) is 51.4 Å². The van der Waals surface area contributed by atoms with Crippen molar-refractivity contribution in [2.75, 3.05) is 0 Å². The number of halogens is 2. The van der Waals surface area contributed by atoms with Crippen molar-refractivity contribution in [1.29, 1.82) is 0 Å². The van der Waals surface area contributed by atoms with E-state index in [-0.39, 0.29) is 18.0 Å². The van der Waals surface area contributed by atoms with E-state index in [1.54, 1.807) is 23.9 Å². The number of carbonyl (C=O) groups is 1. The van der Waals surface area contributed by atoms with Crippen LogP contribution in [0.3, 0.4) is 0 Å². The van der Waals surface area contributed by atoms with E-state index in [0.29, 0.717) is 10.0 Å². The summed E-state index contributed by atoms with van der Waals surface area (Å²) in [6, 6.07) is 6.25. The molecule has 6 heteroatoms. The zero-order valence-corrected chi connectivity index (χ0v) is 13.1. The Morgan fingerprint density at radius 2 is 2.19 bits per heavy atom. The highest BCUT2D eigenvalue weighted by atomic mass is 35.5. The number of carbonyl (C=O) groups excluding carboxylic acids is 1. The number of rotatable bonds is 3. The van der Waals surface area contributed by atoms with Crippen molar-refractivity contribution in [2.24, 2.45) is 7.05 Å². The molecule has 3 rings (SSSR count). The summed E-state index contributed by atoms with van der Waals surface area (Å²) in [4.78, 5) is 13.0. The molecule has 0 atom stereocenters. The van der Waals surface area contributed by atoms with Crippen LogP contribution in [0.5, 0.6) is 0 Å². The second-order valence-electron chi connectivity index (χ2n) is 4.87. The van der Waals surface area contributed by atoms with E-state index < -0.39 is 0 Å². The number of aryl methyl sites for hydroxylation is 2. The molecule has 0 aliphatic heterocycles. The maximum atomic E-state index is 13.2. The Bertz CT molecular complexity index is 853. The van der Waals surface area contributed by atoms with Crippen molar-refractivity contribution in [1.82, 2.24) is 9.78 Å². The highest BCUT2D eigenvalue weighted by Gasteiger charge is 2.18. The monoisotopic (exact) mass is 322 g/mol. The minimum atomic E-state index is -0.301. The van der Waals surface area contributed by atoms with Gasteiger partial charge in [-0.3, -0.25) is 9.48 Å². The number of aromatic nitrogens is 2. The van der Waals surface area contributed by atoms with Crippen LogP contribution >= 0.6 is 22.9 Å². The van der Waals surface area contributed by atoms with Gasteiger partial charge in [-0.25, -0.2) is 4.39 Å². The average molecular weight is 323 g/mol. The van der Waals surface area contributed by atoms with E-state index in [2.05, 4.69) is 5.10 Å². The number of Topliss-reactive ketones (excluding diaryl/α,β-unsaturated/α-hetero) is 1. The van der Waals surface area contributed by atoms with Gasteiger partial charge in [-0.1, -0.05) is 11.6 Å². The number of nitrogens with zero attached hydrogens (tertiary/aromatic N) is 2. The Hall–Kier alpha value is -1.72. The second-order valence-corrected chi connectivity index (χ2v) is 6.31. The number of hydrogen-bond donors (Lipinski definition) is 0. The molecule has 3 nitrogen and oxygen atoms in total. The van der Waals surface area contributed by atoms with Crippen molar-refractivity contribution in [3.8, 4) is 0 Å². The van der Waals surface area contributed by atoms with Crippen LogP contribution in [0.4, 0.5) is 4.39 Å². The number of hydrogen-bond acceptors (Lipinski definition) is 3. The molecular weight excluding hydrogens is 311 g/mol. The molecule has 108 valence electrons. The van der Waals surface area contributed by atoms with Crippen molar-refractivity contribution in [3.63, 3.8) is 0 Å². The largest absolute Gasteiger partial charge is 0.293 e. The summed E-state index contributed by atoms with van der Waals surface area (Å²) in [6.07, 6.45) is 0.202. The number of fused-ring (bicyclic) bond motifs is 1. The summed E-state index contributed by atoms with van der Waals surface area (Å²) in [7, 11) is 1.74. The molecule has 0 spiro atoms. The third-order valence-corrected chi connectivity index (χ3v) is 4.99. The predicted molar refractivity (Wildman–Crippen MR) is 82.8 cm³/mol. The van der Waals surface area contributed by atoms with Gasteiger partial charge in [0.05, 0.1) is 10.6 Å². The molecule has 0 unspecified atom stereocenters. The smallest absolute Gasteiger partial charge is 0.177 e. The number of ketones is 1. The maximum Gasteiger partial charge on any atom is 0.177 e. The van der Waals surface area contributed by atoms with Crippen LogP contribution in [0, 0.1) is 12.7 Å². The van der Waals surface area contributed by atoms with E-state index in [0.717, 1.165) is 21.3 Å². The van der Waals surface area contributed by atoms with Gasteiger partial charge in [0.15, 0.2) is 5.78 Å². The van der Waals surface area contributed by atoms with Gasteiger partial charge < -0.3 is 0 Å². The summed E-state index contributed by atoms with van der Waals surface area (Å²) in [5.41, 5.74) is 1.50. The molecule has 21 heavy (non-hydrogen) atoms. The van der Waals surface area contributed by atoms with Gasteiger partial charge >= 0.3 is 0 Å². The van der Waals surface area contributed by atoms with Gasteiger partial charge in [-0.05, 0) is 36.6 Å². The van der Waals surface area contributed by atoms with E-state index in [9.17, 15) is 9.18 Å². The molecular formula is C15H12ClFN2OS. The Labute approximate surface area is 130 Å². The van der Waals surface area contributed by atoms with Crippen molar-refractivity contribution in [2.45, 2.75) is 13.3 Å². The van der Waals surface area contributed by atoms with E-state index in [1.807, 2.05) is 6.92 Å². The molecule has 1 aromatic carbocycles. The Morgan fingerprint density at radius 1 is 1.43 bits per heavy atom. The molecule has 2 heterocycles. The topological polar surface area (TPSA) is 34.9 Å². The lowest BCUT2D eigenvalue weighted by molar-refractivity contribution is 0.0996. The molecule has 0 bridgehead atoms. The zero-order chi connectivity index (χ0) is 15.1. The molecule has 0 aliphatic carbocycles. The molecule has 0 fully saturated rings. The lowest BCUT2D eigenvalue weighted by Gasteiger charge is -1.98. The Kier molecular flexibility index (Phi) is 3.55. The van der Waals surface area contributed by atoms with Gasteiger partial charge in [0.2, 0.25) is 0 Å². The Morgan fingerprint density at radius 3 is 2.86 bits per heavy atom. The minimum Gasteiger partial charge on any atom is -0.293 e. The third-order valence-electron chi connectivity index (χ3n) is 3.36. The summed E-state index contributed by atoms with van der Waals surface area (Å²) >= 11 is 7.51. The molecule has 2 aromatic heterocycles. The quantitative estimate of drug-likeness (QED) is 0.679. The summed E-state index contributed by atoms with van der Waals surface area (Å²) in [5, 5.41) is 5.43. The molecule has 0 aliphatic rings.